The molecule has 0 bridgehead atoms. The Hall–Kier alpha value is -4.13. The molecule has 0 aliphatic heterocycles. The highest BCUT2D eigenvalue weighted by atomic mass is 16.5. The maximum absolute atomic E-state index is 12.7. The van der Waals surface area contributed by atoms with E-state index in [1.807, 2.05) is 55.5 Å². The summed E-state index contributed by atoms with van der Waals surface area (Å²) in [5.41, 5.74) is 3.44. The molecule has 7 nitrogen and oxygen atoms in total. The Morgan fingerprint density at radius 2 is 1.78 bits per heavy atom. The van der Waals surface area contributed by atoms with Crippen molar-refractivity contribution in [2.24, 2.45) is 0 Å². The number of anilines is 1. The SMILES string of the molecule is Cc1cccc(COc2cccc(C(=O)Nc3cccc(OCCn4cncn4)c3)c2)c1. The van der Waals surface area contributed by atoms with Gasteiger partial charge in [0.25, 0.3) is 5.91 Å². The molecule has 0 unspecified atom stereocenters. The van der Waals surface area contributed by atoms with E-state index in [0.717, 1.165) is 5.56 Å². The van der Waals surface area contributed by atoms with Gasteiger partial charge in [0, 0.05) is 17.3 Å². The molecule has 7 heteroatoms. The van der Waals surface area contributed by atoms with Crippen LogP contribution < -0.4 is 14.8 Å². The third kappa shape index (κ3) is 5.95. The van der Waals surface area contributed by atoms with Crippen LogP contribution >= 0.6 is 0 Å². The summed E-state index contributed by atoms with van der Waals surface area (Å²) in [5, 5.41) is 6.95. The molecule has 0 saturated heterocycles. The average Bonchev–Trinajstić information content (AvgIpc) is 3.32. The van der Waals surface area contributed by atoms with Crippen LogP contribution in [-0.4, -0.2) is 27.3 Å². The second-order valence-electron chi connectivity index (χ2n) is 7.29. The van der Waals surface area contributed by atoms with Crippen LogP contribution in [0.5, 0.6) is 11.5 Å². The molecule has 1 heterocycles. The van der Waals surface area contributed by atoms with Crippen molar-refractivity contribution >= 4 is 11.6 Å². The van der Waals surface area contributed by atoms with E-state index in [9.17, 15) is 4.79 Å². The lowest BCUT2D eigenvalue weighted by Crippen LogP contribution is -2.12. The molecule has 1 aromatic heterocycles. The second-order valence-corrected chi connectivity index (χ2v) is 7.29. The average molecular weight is 428 g/mol. The zero-order chi connectivity index (χ0) is 22.2. The zero-order valence-electron chi connectivity index (χ0n) is 17.8. The number of nitrogens with zero attached hydrogens (tertiary/aromatic N) is 3. The molecule has 0 aliphatic rings. The maximum atomic E-state index is 12.7. The van der Waals surface area contributed by atoms with Crippen LogP contribution in [0.1, 0.15) is 21.5 Å². The smallest absolute Gasteiger partial charge is 0.255 e. The molecule has 4 aromatic rings. The number of hydrogen-bond donors (Lipinski definition) is 1. The Kier molecular flexibility index (Phi) is 6.77. The number of benzene rings is 3. The summed E-state index contributed by atoms with van der Waals surface area (Å²) in [6.07, 6.45) is 3.12. The van der Waals surface area contributed by atoms with Crippen LogP contribution in [0.25, 0.3) is 0 Å². The number of carbonyl (C=O) groups is 1. The van der Waals surface area contributed by atoms with Gasteiger partial charge in [-0.15, -0.1) is 0 Å². The highest BCUT2D eigenvalue weighted by Crippen LogP contribution is 2.20. The van der Waals surface area contributed by atoms with Crippen LogP contribution in [0.2, 0.25) is 0 Å². The van der Waals surface area contributed by atoms with E-state index in [-0.39, 0.29) is 5.91 Å². The molecule has 0 saturated carbocycles. The minimum Gasteiger partial charge on any atom is -0.492 e. The Morgan fingerprint density at radius 3 is 2.59 bits per heavy atom. The van der Waals surface area contributed by atoms with Gasteiger partial charge >= 0.3 is 0 Å². The van der Waals surface area contributed by atoms with Gasteiger partial charge in [0.05, 0.1) is 6.54 Å². The summed E-state index contributed by atoms with van der Waals surface area (Å²) in [6, 6.07) is 22.6. The number of rotatable bonds is 9. The standard InChI is InChI=1S/C25H24N4O3/c1-19-5-2-6-20(13-19)16-32-23-9-3-7-21(14-23)25(30)28-22-8-4-10-24(15-22)31-12-11-29-18-26-17-27-29/h2-10,13-15,17-18H,11-12,16H2,1H3,(H,28,30). The molecule has 32 heavy (non-hydrogen) atoms. The highest BCUT2D eigenvalue weighted by molar-refractivity contribution is 6.04. The second kappa shape index (κ2) is 10.3. The third-order valence-corrected chi connectivity index (χ3v) is 4.73. The van der Waals surface area contributed by atoms with Crippen molar-refractivity contribution in [1.29, 1.82) is 0 Å². The molecule has 4 rings (SSSR count). The summed E-state index contributed by atoms with van der Waals surface area (Å²) in [4.78, 5) is 16.6. The van der Waals surface area contributed by atoms with E-state index in [1.54, 1.807) is 29.2 Å². The molecular weight excluding hydrogens is 404 g/mol. The molecular formula is C25H24N4O3. The van der Waals surface area contributed by atoms with Crippen LogP contribution in [0.4, 0.5) is 5.69 Å². The van der Waals surface area contributed by atoms with E-state index in [4.69, 9.17) is 9.47 Å². The van der Waals surface area contributed by atoms with Crippen molar-refractivity contribution < 1.29 is 14.3 Å². The van der Waals surface area contributed by atoms with Crippen molar-refractivity contribution in [1.82, 2.24) is 14.8 Å². The van der Waals surface area contributed by atoms with Crippen molar-refractivity contribution in [2.75, 3.05) is 11.9 Å². The number of carbonyl (C=O) groups excluding carboxylic acids is 1. The Balaban J connectivity index is 1.33. The fourth-order valence-electron chi connectivity index (χ4n) is 3.17. The number of ether oxygens (including phenoxy) is 2. The predicted octanol–water partition coefficient (Wildman–Crippen LogP) is 4.50. The van der Waals surface area contributed by atoms with E-state index >= 15 is 0 Å². The molecule has 0 aliphatic carbocycles. The van der Waals surface area contributed by atoms with Crippen LogP contribution in [0, 0.1) is 6.92 Å². The maximum Gasteiger partial charge on any atom is 0.255 e. The highest BCUT2D eigenvalue weighted by Gasteiger charge is 2.08. The zero-order valence-corrected chi connectivity index (χ0v) is 17.8. The van der Waals surface area contributed by atoms with Gasteiger partial charge in [0.15, 0.2) is 0 Å². The van der Waals surface area contributed by atoms with Crippen molar-refractivity contribution in [2.45, 2.75) is 20.1 Å². The Morgan fingerprint density at radius 1 is 0.969 bits per heavy atom. The van der Waals surface area contributed by atoms with Crippen LogP contribution in [0.3, 0.4) is 0 Å². The minimum atomic E-state index is -0.217. The molecule has 162 valence electrons. The van der Waals surface area contributed by atoms with Crippen LogP contribution in [0.15, 0.2) is 85.5 Å². The van der Waals surface area contributed by atoms with Gasteiger partial charge < -0.3 is 14.8 Å². The third-order valence-electron chi connectivity index (χ3n) is 4.73. The van der Waals surface area contributed by atoms with E-state index in [2.05, 4.69) is 21.5 Å². The van der Waals surface area contributed by atoms with Crippen molar-refractivity contribution in [3.05, 3.63) is 102 Å². The van der Waals surface area contributed by atoms with E-state index in [0.29, 0.717) is 42.5 Å². The number of aryl methyl sites for hydroxylation is 1. The topological polar surface area (TPSA) is 78.3 Å². The van der Waals surface area contributed by atoms with Gasteiger partial charge in [-0.1, -0.05) is 42.0 Å². The Bertz CT molecular complexity index is 1180. The number of amides is 1. The first-order chi connectivity index (χ1) is 15.7. The molecule has 3 aromatic carbocycles. The fraction of sp³-hybridized carbons (Fsp3) is 0.160. The van der Waals surface area contributed by atoms with Gasteiger partial charge in [0.1, 0.15) is 37.4 Å². The van der Waals surface area contributed by atoms with Gasteiger partial charge in [-0.05, 0) is 42.8 Å². The summed E-state index contributed by atoms with van der Waals surface area (Å²) in [6.45, 7) is 3.53. The molecule has 1 amide bonds. The monoisotopic (exact) mass is 428 g/mol. The number of hydrogen-bond acceptors (Lipinski definition) is 5. The number of aromatic nitrogens is 3. The molecule has 1 N–H and O–H groups in total. The summed E-state index contributed by atoms with van der Waals surface area (Å²) >= 11 is 0. The lowest BCUT2D eigenvalue weighted by Gasteiger charge is -2.11. The lowest BCUT2D eigenvalue weighted by atomic mass is 10.1. The molecule has 0 radical (unpaired) electrons. The van der Waals surface area contributed by atoms with Gasteiger partial charge in [0.2, 0.25) is 0 Å². The first-order valence-electron chi connectivity index (χ1n) is 10.3. The van der Waals surface area contributed by atoms with Gasteiger partial charge in [-0.2, -0.15) is 5.10 Å². The van der Waals surface area contributed by atoms with Gasteiger partial charge in [-0.25, -0.2) is 9.67 Å². The summed E-state index contributed by atoms with van der Waals surface area (Å²) in [5.74, 6) is 1.09. The molecule has 0 atom stereocenters. The van der Waals surface area contributed by atoms with Crippen molar-refractivity contribution in [3.8, 4) is 11.5 Å². The van der Waals surface area contributed by atoms with Crippen molar-refractivity contribution in [3.63, 3.8) is 0 Å². The largest absolute Gasteiger partial charge is 0.492 e. The molecule has 0 spiro atoms. The van der Waals surface area contributed by atoms with E-state index in [1.165, 1.54) is 11.9 Å². The molecule has 0 fully saturated rings. The predicted molar refractivity (Wildman–Crippen MR) is 122 cm³/mol. The number of nitrogens with one attached hydrogen (secondary N) is 1. The Labute approximate surface area is 186 Å². The normalized spacial score (nSPS) is 10.5. The van der Waals surface area contributed by atoms with Gasteiger partial charge in [-0.3, -0.25) is 4.79 Å². The fourth-order valence-corrected chi connectivity index (χ4v) is 3.17. The minimum absolute atomic E-state index is 0.217. The summed E-state index contributed by atoms with van der Waals surface area (Å²) in [7, 11) is 0. The van der Waals surface area contributed by atoms with E-state index < -0.39 is 0 Å². The van der Waals surface area contributed by atoms with Crippen LogP contribution in [-0.2, 0) is 13.2 Å². The first-order valence-corrected chi connectivity index (χ1v) is 10.3. The summed E-state index contributed by atoms with van der Waals surface area (Å²) < 4.78 is 13.3. The first kappa shape index (κ1) is 21.1. The quantitative estimate of drug-likeness (QED) is 0.425. The lowest BCUT2D eigenvalue weighted by molar-refractivity contribution is 0.102.